The lowest BCUT2D eigenvalue weighted by atomic mass is 9.70. The molecule has 8 unspecified atom stereocenters. The molecule has 1 heterocycles. The maximum absolute atomic E-state index is 15.8. The van der Waals surface area contributed by atoms with Crippen molar-refractivity contribution in [2.75, 3.05) is 53.3 Å². The third-order valence-corrected chi connectivity index (χ3v) is 12.0. The molecule has 8 atom stereocenters. The van der Waals surface area contributed by atoms with E-state index in [1.165, 1.54) is 30.3 Å². The van der Waals surface area contributed by atoms with E-state index in [-0.39, 0.29) is 12.1 Å². The Morgan fingerprint density at radius 1 is 0.932 bits per heavy atom. The average Bonchev–Trinajstić information content (AvgIpc) is 3.39. The standard InChI is InChI=1S/C34H56F3N3O3S/c1-22-8-9-23(20-31(22)41-4)26-6-5-7-29-33(26)40(25-12-10-24(35)11-13-25)34(38-29)44-21-27-28(36)14-15-30(32(27)37)43-19-18-42-17-16-39(2)3/h22-28,30-32H,5-21H2,1-4H3. The molecule has 0 bridgehead atoms. The molecule has 6 nitrogen and oxygen atoms in total. The Morgan fingerprint density at radius 2 is 1.73 bits per heavy atom. The van der Waals surface area contributed by atoms with Gasteiger partial charge in [0.1, 0.15) is 18.5 Å². The minimum atomic E-state index is -1.36. The second-order valence-corrected chi connectivity index (χ2v) is 15.2. The van der Waals surface area contributed by atoms with Crippen LogP contribution in [-0.2, 0) is 20.6 Å². The van der Waals surface area contributed by atoms with Gasteiger partial charge in [0.25, 0.3) is 0 Å². The van der Waals surface area contributed by atoms with Crippen LogP contribution >= 0.6 is 11.8 Å². The number of fused-ring (bicyclic) bond motifs is 1. The van der Waals surface area contributed by atoms with Gasteiger partial charge in [-0.1, -0.05) is 18.7 Å². The molecule has 3 saturated carbocycles. The van der Waals surface area contributed by atoms with Gasteiger partial charge in [0, 0.05) is 43.0 Å². The Hall–Kier alpha value is -0.810. The Kier molecular flexibility index (Phi) is 12.8. The van der Waals surface area contributed by atoms with Crippen molar-refractivity contribution in [1.29, 1.82) is 0 Å². The van der Waals surface area contributed by atoms with Gasteiger partial charge >= 0.3 is 0 Å². The fraction of sp³-hybridized carbons (Fsp3) is 0.912. The second kappa shape index (κ2) is 16.3. The van der Waals surface area contributed by atoms with E-state index in [1.807, 2.05) is 26.1 Å². The van der Waals surface area contributed by atoms with Crippen LogP contribution in [0, 0.1) is 17.8 Å². The lowest BCUT2D eigenvalue weighted by Crippen LogP contribution is -2.44. The minimum Gasteiger partial charge on any atom is -0.381 e. The van der Waals surface area contributed by atoms with Crippen molar-refractivity contribution in [3.63, 3.8) is 0 Å². The summed E-state index contributed by atoms with van der Waals surface area (Å²) in [6.07, 6.45) is 6.39. The third-order valence-electron chi connectivity index (χ3n) is 10.9. The summed E-state index contributed by atoms with van der Waals surface area (Å²) in [4.78, 5) is 7.24. The van der Waals surface area contributed by atoms with E-state index in [1.54, 1.807) is 0 Å². The molecule has 252 valence electrons. The van der Waals surface area contributed by atoms with Crippen LogP contribution in [0.15, 0.2) is 5.16 Å². The maximum atomic E-state index is 15.8. The smallest absolute Gasteiger partial charge is 0.168 e. The first-order valence-electron chi connectivity index (χ1n) is 17.3. The number of imidazole rings is 1. The lowest BCUT2D eigenvalue weighted by molar-refractivity contribution is -0.0789. The third kappa shape index (κ3) is 8.36. The highest BCUT2D eigenvalue weighted by Gasteiger charge is 2.43. The van der Waals surface area contributed by atoms with Crippen molar-refractivity contribution >= 4 is 11.8 Å². The minimum absolute atomic E-state index is 0.194. The van der Waals surface area contributed by atoms with Gasteiger partial charge in [-0.15, -0.1) is 0 Å². The number of aromatic nitrogens is 2. The second-order valence-electron chi connectivity index (χ2n) is 14.2. The summed E-state index contributed by atoms with van der Waals surface area (Å²) < 4.78 is 65.1. The first kappa shape index (κ1) is 34.5. The van der Waals surface area contributed by atoms with Crippen molar-refractivity contribution in [2.24, 2.45) is 17.8 Å². The Bertz CT molecular complexity index is 1020. The normalized spacial score (nSPS) is 36.5. The fourth-order valence-corrected chi connectivity index (χ4v) is 9.50. The van der Waals surface area contributed by atoms with Crippen molar-refractivity contribution in [3.8, 4) is 0 Å². The van der Waals surface area contributed by atoms with Gasteiger partial charge < -0.3 is 23.7 Å². The number of hydrogen-bond donors (Lipinski definition) is 0. The number of methoxy groups -OCH3 is 1. The highest BCUT2D eigenvalue weighted by molar-refractivity contribution is 7.99. The zero-order valence-corrected chi connectivity index (χ0v) is 28.2. The number of nitrogens with zero attached hydrogens (tertiary/aromatic N) is 3. The number of halogens is 3. The quantitative estimate of drug-likeness (QED) is 0.166. The largest absolute Gasteiger partial charge is 0.381 e. The molecule has 44 heavy (non-hydrogen) atoms. The number of likely N-dealkylation sites (N-methyl/N-ethyl adjacent to an activating group) is 1. The fourth-order valence-electron chi connectivity index (χ4n) is 8.21. The highest BCUT2D eigenvalue weighted by atomic mass is 32.2. The van der Waals surface area contributed by atoms with Crippen LogP contribution < -0.4 is 0 Å². The molecule has 0 spiro atoms. The van der Waals surface area contributed by atoms with Crippen LogP contribution in [0.2, 0.25) is 0 Å². The predicted octanol–water partition coefficient (Wildman–Crippen LogP) is 7.35. The summed E-state index contributed by atoms with van der Waals surface area (Å²) in [6.45, 7) is 4.44. The molecular weight excluding hydrogens is 587 g/mol. The highest BCUT2D eigenvalue weighted by Crippen LogP contribution is 2.48. The summed E-state index contributed by atoms with van der Waals surface area (Å²) in [6, 6.07) is 0.194. The number of ether oxygens (including phenoxy) is 3. The summed E-state index contributed by atoms with van der Waals surface area (Å²) in [7, 11) is 5.81. The molecule has 0 aromatic carbocycles. The molecule has 1 aromatic heterocycles. The van der Waals surface area contributed by atoms with Crippen LogP contribution in [0.25, 0.3) is 0 Å². The van der Waals surface area contributed by atoms with E-state index in [9.17, 15) is 4.39 Å². The Balaban J connectivity index is 1.29. The first-order valence-corrected chi connectivity index (χ1v) is 18.3. The van der Waals surface area contributed by atoms with E-state index in [4.69, 9.17) is 19.2 Å². The van der Waals surface area contributed by atoms with Crippen LogP contribution in [0.5, 0.6) is 0 Å². The summed E-state index contributed by atoms with van der Waals surface area (Å²) in [5.74, 6) is 1.10. The van der Waals surface area contributed by atoms with E-state index in [0.717, 1.165) is 55.9 Å². The molecule has 4 aliphatic carbocycles. The van der Waals surface area contributed by atoms with Gasteiger partial charge in [0.2, 0.25) is 0 Å². The average molecular weight is 644 g/mol. The van der Waals surface area contributed by atoms with E-state index >= 15 is 8.78 Å². The Morgan fingerprint density at radius 3 is 2.48 bits per heavy atom. The van der Waals surface area contributed by atoms with Gasteiger partial charge in [-0.2, -0.15) is 0 Å². The van der Waals surface area contributed by atoms with Crippen molar-refractivity contribution < 1.29 is 27.4 Å². The molecule has 3 fully saturated rings. The molecule has 1 aromatic rings. The van der Waals surface area contributed by atoms with Crippen molar-refractivity contribution in [2.45, 2.75) is 132 Å². The van der Waals surface area contributed by atoms with Crippen LogP contribution in [0.4, 0.5) is 13.2 Å². The summed E-state index contributed by atoms with van der Waals surface area (Å²) in [5, 5.41) is 0.883. The molecule has 4 aliphatic rings. The first-order chi connectivity index (χ1) is 21.3. The van der Waals surface area contributed by atoms with Gasteiger partial charge in [0.15, 0.2) is 5.16 Å². The number of alkyl halides is 3. The van der Waals surface area contributed by atoms with Crippen LogP contribution in [0.3, 0.4) is 0 Å². The van der Waals surface area contributed by atoms with Gasteiger partial charge in [-0.05, 0) is 103 Å². The van der Waals surface area contributed by atoms with E-state index < -0.39 is 30.5 Å². The molecule has 0 saturated heterocycles. The molecule has 0 amide bonds. The SMILES string of the molecule is COC1CC(C2CCCc3nc(SCC4C(F)CCC(OCCOCCN(C)C)C4F)n(C4CCC(F)CC4)c32)CCC1C. The zero-order valence-electron chi connectivity index (χ0n) is 27.4. The van der Waals surface area contributed by atoms with E-state index in [0.29, 0.717) is 69.0 Å². The van der Waals surface area contributed by atoms with Crippen LogP contribution in [-0.4, -0.2) is 98.5 Å². The molecule has 5 rings (SSSR count). The number of thioether (sulfide) groups is 1. The van der Waals surface area contributed by atoms with Crippen molar-refractivity contribution in [1.82, 2.24) is 14.5 Å². The zero-order chi connectivity index (χ0) is 31.2. The van der Waals surface area contributed by atoms with Gasteiger partial charge in [-0.25, -0.2) is 18.2 Å². The van der Waals surface area contributed by atoms with Gasteiger partial charge in [0.05, 0.1) is 37.7 Å². The molecule has 0 aliphatic heterocycles. The monoisotopic (exact) mass is 643 g/mol. The lowest BCUT2D eigenvalue weighted by Gasteiger charge is -2.40. The summed E-state index contributed by atoms with van der Waals surface area (Å²) in [5.41, 5.74) is 2.50. The predicted molar refractivity (Wildman–Crippen MR) is 170 cm³/mol. The summed E-state index contributed by atoms with van der Waals surface area (Å²) >= 11 is 1.51. The molecular formula is C34H56F3N3O3S. The number of hydrogen-bond acceptors (Lipinski definition) is 6. The molecule has 0 N–H and O–H groups in total. The topological polar surface area (TPSA) is 48.8 Å². The maximum Gasteiger partial charge on any atom is 0.168 e. The van der Waals surface area contributed by atoms with Gasteiger partial charge in [-0.3, -0.25) is 0 Å². The Labute approximate surface area is 267 Å². The van der Waals surface area contributed by atoms with Crippen LogP contribution in [0.1, 0.15) is 101 Å². The molecule has 0 radical (unpaired) electrons. The number of rotatable bonds is 13. The van der Waals surface area contributed by atoms with Crippen molar-refractivity contribution in [3.05, 3.63) is 11.4 Å². The number of aryl methyl sites for hydroxylation is 1. The van der Waals surface area contributed by atoms with E-state index in [2.05, 4.69) is 11.5 Å². The molecule has 10 heteroatoms.